The Labute approximate surface area is 191 Å². The molecule has 3 rings (SSSR count). The van der Waals surface area contributed by atoms with E-state index in [0.29, 0.717) is 23.1 Å². The van der Waals surface area contributed by atoms with Gasteiger partial charge in [-0.1, -0.05) is 41.4 Å². The molecule has 0 aliphatic heterocycles. The first-order valence-corrected chi connectivity index (χ1v) is 11.0. The number of thioether (sulfide) groups is 1. The molecule has 1 N–H and O–H groups in total. The molecule has 0 fully saturated rings. The lowest BCUT2D eigenvalue weighted by Gasteiger charge is -2.11. The number of ether oxygens (including phenoxy) is 2. The second-order valence-electron chi connectivity index (χ2n) is 6.72. The van der Waals surface area contributed by atoms with Crippen LogP contribution in [0.2, 0.25) is 5.02 Å². The van der Waals surface area contributed by atoms with E-state index in [2.05, 4.69) is 16.6 Å². The van der Waals surface area contributed by atoms with Crippen LogP contribution in [0.5, 0.6) is 11.5 Å². The molecular weight excluding hydrogens is 432 g/mol. The first kappa shape index (κ1) is 22.7. The van der Waals surface area contributed by atoms with E-state index in [-0.39, 0.29) is 11.7 Å². The maximum absolute atomic E-state index is 12.0. The molecular formula is C24H23ClN2O3S. The Hall–Kier alpha value is -2.96. The summed E-state index contributed by atoms with van der Waals surface area (Å²) in [4.78, 5) is 12.9. The fraction of sp³-hybridized carbons (Fsp3) is 0.167. The lowest BCUT2D eigenvalue weighted by molar-refractivity contribution is -0.118. The molecule has 7 heteroatoms. The van der Waals surface area contributed by atoms with Crippen LogP contribution in [0.1, 0.15) is 16.7 Å². The summed E-state index contributed by atoms with van der Waals surface area (Å²) in [5, 5.41) is 4.69. The highest BCUT2D eigenvalue weighted by Crippen LogP contribution is 2.28. The van der Waals surface area contributed by atoms with Gasteiger partial charge >= 0.3 is 0 Å². The van der Waals surface area contributed by atoms with Gasteiger partial charge in [0.05, 0.1) is 19.1 Å². The summed E-state index contributed by atoms with van der Waals surface area (Å²) >= 11 is 7.27. The monoisotopic (exact) mass is 454 g/mol. The molecule has 0 heterocycles. The van der Waals surface area contributed by atoms with Gasteiger partial charge in [-0.15, -0.1) is 11.8 Å². The molecule has 0 aliphatic carbocycles. The largest absolute Gasteiger partial charge is 0.493 e. The number of benzene rings is 3. The fourth-order valence-electron chi connectivity index (χ4n) is 2.74. The molecule has 1 amide bonds. The van der Waals surface area contributed by atoms with Crippen LogP contribution < -0.4 is 14.9 Å². The highest BCUT2D eigenvalue weighted by molar-refractivity contribution is 8.00. The maximum Gasteiger partial charge on any atom is 0.250 e. The van der Waals surface area contributed by atoms with E-state index in [1.54, 1.807) is 25.5 Å². The maximum atomic E-state index is 12.0. The molecule has 0 atom stereocenters. The molecule has 3 aromatic carbocycles. The van der Waals surface area contributed by atoms with Crippen LogP contribution in [-0.4, -0.2) is 25.0 Å². The van der Waals surface area contributed by atoms with Gasteiger partial charge in [0.2, 0.25) is 5.91 Å². The van der Waals surface area contributed by atoms with E-state index in [1.807, 2.05) is 55.5 Å². The minimum absolute atomic E-state index is 0.193. The van der Waals surface area contributed by atoms with Crippen molar-refractivity contribution in [1.82, 2.24) is 5.43 Å². The second-order valence-corrected chi connectivity index (χ2v) is 8.21. The lowest BCUT2D eigenvalue weighted by atomic mass is 10.1. The molecule has 0 saturated carbocycles. The number of hydrogen-bond donors (Lipinski definition) is 1. The number of hydrazone groups is 1. The average Bonchev–Trinajstić information content (AvgIpc) is 2.77. The fourth-order valence-corrected chi connectivity index (χ4v) is 3.55. The zero-order chi connectivity index (χ0) is 22.1. The third-order valence-corrected chi connectivity index (χ3v) is 5.51. The van der Waals surface area contributed by atoms with Crippen LogP contribution in [0.3, 0.4) is 0 Å². The van der Waals surface area contributed by atoms with Gasteiger partial charge in [0.15, 0.2) is 11.5 Å². The predicted octanol–water partition coefficient (Wildman–Crippen LogP) is 5.48. The molecule has 3 aromatic rings. The Bertz CT molecular complexity index is 1050. The van der Waals surface area contributed by atoms with Crippen molar-refractivity contribution in [2.75, 3.05) is 12.9 Å². The van der Waals surface area contributed by atoms with Crippen LogP contribution in [0.25, 0.3) is 0 Å². The number of amides is 1. The number of aryl methyl sites for hydroxylation is 1. The molecule has 31 heavy (non-hydrogen) atoms. The van der Waals surface area contributed by atoms with Crippen molar-refractivity contribution in [2.45, 2.75) is 18.4 Å². The van der Waals surface area contributed by atoms with E-state index in [0.717, 1.165) is 16.0 Å². The molecule has 0 aliphatic rings. The summed E-state index contributed by atoms with van der Waals surface area (Å²) in [7, 11) is 1.59. The topological polar surface area (TPSA) is 59.9 Å². The summed E-state index contributed by atoms with van der Waals surface area (Å²) in [6, 6.07) is 21.0. The van der Waals surface area contributed by atoms with Crippen molar-refractivity contribution < 1.29 is 14.3 Å². The second kappa shape index (κ2) is 11.4. The van der Waals surface area contributed by atoms with Gasteiger partial charge in [-0.3, -0.25) is 4.79 Å². The lowest BCUT2D eigenvalue weighted by Crippen LogP contribution is -2.19. The Morgan fingerprint density at radius 2 is 1.90 bits per heavy atom. The zero-order valence-electron chi connectivity index (χ0n) is 17.3. The molecule has 0 bridgehead atoms. The van der Waals surface area contributed by atoms with Crippen LogP contribution in [-0.2, 0) is 11.4 Å². The van der Waals surface area contributed by atoms with Crippen LogP contribution >= 0.6 is 23.4 Å². The van der Waals surface area contributed by atoms with Gasteiger partial charge in [-0.25, -0.2) is 5.43 Å². The Morgan fingerprint density at radius 3 is 2.65 bits per heavy atom. The van der Waals surface area contributed by atoms with Crippen molar-refractivity contribution in [2.24, 2.45) is 5.10 Å². The first-order chi connectivity index (χ1) is 15.0. The van der Waals surface area contributed by atoms with Gasteiger partial charge in [-0.05, 0) is 60.5 Å². The van der Waals surface area contributed by atoms with Gasteiger partial charge in [-0.2, -0.15) is 5.10 Å². The van der Waals surface area contributed by atoms with E-state index in [4.69, 9.17) is 21.1 Å². The van der Waals surface area contributed by atoms with E-state index in [1.165, 1.54) is 17.3 Å². The standard InChI is InChI=1S/C24H23ClN2O3S/c1-17-4-3-5-19(12-17)15-30-22-11-6-18(13-23(22)29-2)14-26-27-24(28)16-31-21-9-7-20(25)8-10-21/h3-14H,15-16H2,1-2H3,(H,27,28)/b26-14-. The Morgan fingerprint density at radius 1 is 1.10 bits per heavy atom. The predicted molar refractivity (Wildman–Crippen MR) is 126 cm³/mol. The molecule has 0 aromatic heterocycles. The minimum atomic E-state index is -0.193. The number of rotatable bonds is 9. The number of halogens is 1. The number of nitrogens with one attached hydrogen (secondary N) is 1. The minimum Gasteiger partial charge on any atom is -0.493 e. The molecule has 0 spiro atoms. The van der Waals surface area contributed by atoms with E-state index >= 15 is 0 Å². The SMILES string of the molecule is COc1cc(/C=N\NC(=O)CSc2ccc(Cl)cc2)ccc1OCc1cccc(C)c1. The smallest absolute Gasteiger partial charge is 0.250 e. The summed E-state index contributed by atoms with van der Waals surface area (Å²) in [5.41, 5.74) is 5.59. The van der Waals surface area contributed by atoms with Crippen LogP contribution in [0, 0.1) is 6.92 Å². The van der Waals surface area contributed by atoms with Gasteiger partial charge in [0.1, 0.15) is 6.61 Å². The van der Waals surface area contributed by atoms with E-state index < -0.39 is 0 Å². The van der Waals surface area contributed by atoms with Crippen LogP contribution in [0.4, 0.5) is 0 Å². The highest BCUT2D eigenvalue weighted by atomic mass is 35.5. The van der Waals surface area contributed by atoms with Crippen LogP contribution in [0.15, 0.2) is 76.7 Å². The Kier molecular flexibility index (Phi) is 8.38. The van der Waals surface area contributed by atoms with Crippen molar-refractivity contribution in [3.8, 4) is 11.5 Å². The molecule has 0 unspecified atom stereocenters. The quantitative estimate of drug-likeness (QED) is 0.264. The number of methoxy groups -OCH3 is 1. The summed E-state index contributed by atoms with van der Waals surface area (Å²) < 4.78 is 11.3. The molecule has 0 saturated heterocycles. The molecule has 160 valence electrons. The Balaban J connectivity index is 1.51. The van der Waals surface area contributed by atoms with Crippen molar-refractivity contribution in [3.05, 3.63) is 88.4 Å². The highest BCUT2D eigenvalue weighted by Gasteiger charge is 2.06. The average molecular weight is 455 g/mol. The van der Waals surface area contributed by atoms with Crippen molar-refractivity contribution in [3.63, 3.8) is 0 Å². The van der Waals surface area contributed by atoms with Gasteiger partial charge in [0, 0.05) is 9.92 Å². The summed E-state index contributed by atoms with van der Waals surface area (Å²) in [6.07, 6.45) is 1.57. The third kappa shape index (κ3) is 7.35. The number of hydrogen-bond acceptors (Lipinski definition) is 5. The van der Waals surface area contributed by atoms with Gasteiger partial charge in [0.25, 0.3) is 0 Å². The summed E-state index contributed by atoms with van der Waals surface area (Å²) in [5.74, 6) is 1.31. The zero-order valence-corrected chi connectivity index (χ0v) is 18.9. The number of nitrogens with zero attached hydrogens (tertiary/aromatic N) is 1. The third-order valence-electron chi connectivity index (χ3n) is 4.25. The van der Waals surface area contributed by atoms with Gasteiger partial charge < -0.3 is 9.47 Å². The van der Waals surface area contributed by atoms with E-state index in [9.17, 15) is 4.79 Å². The number of carbonyl (C=O) groups is 1. The molecule has 0 radical (unpaired) electrons. The van der Waals surface area contributed by atoms with Crippen molar-refractivity contribution >= 4 is 35.5 Å². The molecule has 5 nitrogen and oxygen atoms in total. The number of carbonyl (C=O) groups excluding carboxylic acids is 1. The van der Waals surface area contributed by atoms with Crippen molar-refractivity contribution in [1.29, 1.82) is 0 Å². The normalized spacial score (nSPS) is 10.8. The first-order valence-electron chi connectivity index (χ1n) is 9.60. The summed E-state index contributed by atoms with van der Waals surface area (Å²) in [6.45, 7) is 2.50.